The van der Waals surface area contributed by atoms with Gasteiger partial charge >= 0.3 is 0 Å². The summed E-state index contributed by atoms with van der Waals surface area (Å²) in [4.78, 5) is 13.4. The van der Waals surface area contributed by atoms with E-state index in [0.717, 1.165) is 32.4 Å². The molecule has 106 valence electrons. The van der Waals surface area contributed by atoms with Gasteiger partial charge in [0.15, 0.2) is 0 Å². The summed E-state index contributed by atoms with van der Waals surface area (Å²) in [7, 11) is 0. The molecule has 1 unspecified atom stereocenters. The zero-order valence-electron chi connectivity index (χ0n) is 11.4. The van der Waals surface area contributed by atoms with Gasteiger partial charge in [-0.15, -0.1) is 0 Å². The summed E-state index contributed by atoms with van der Waals surface area (Å²) in [5.41, 5.74) is 5.97. The number of amides is 1. The molecule has 5 nitrogen and oxygen atoms in total. The second-order valence-electron chi connectivity index (χ2n) is 4.94. The van der Waals surface area contributed by atoms with E-state index in [1.165, 1.54) is 0 Å². The Morgan fingerprint density at radius 2 is 2.40 bits per heavy atom. The summed E-state index contributed by atoms with van der Waals surface area (Å²) < 4.78 is 5.61. The predicted octanol–water partition coefficient (Wildman–Crippen LogP) is 1.28. The minimum absolute atomic E-state index is 0.114. The van der Waals surface area contributed by atoms with Gasteiger partial charge in [0, 0.05) is 6.54 Å². The number of ether oxygens (including phenoxy) is 1. The highest BCUT2D eigenvalue weighted by atomic mass is 16.5. The van der Waals surface area contributed by atoms with E-state index in [2.05, 4.69) is 11.0 Å². The number of benzene rings is 1. The molecule has 0 bridgehead atoms. The maximum atomic E-state index is 11.3. The molecular weight excluding hydrogens is 254 g/mol. The topological polar surface area (TPSA) is 79.3 Å². The Balaban J connectivity index is 1.74. The number of hydrogen-bond donors (Lipinski definition) is 1. The van der Waals surface area contributed by atoms with Crippen LogP contribution < -0.4 is 10.5 Å². The van der Waals surface area contributed by atoms with Crippen LogP contribution in [0.15, 0.2) is 24.3 Å². The lowest BCUT2D eigenvalue weighted by Crippen LogP contribution is -2.40. The van der Waals surface area contributed by atoms with Crippen molar-refractivity contribution in [1.29, 1.82) is 5.26 Å². The Kier molecular flexibility index (Phi) is 4.97. The Bertz CT molecular complexity index is 510. The van der Waals surface area contributed by atoms with Crippen molar-refractivity contribution in [2.45, 2.75) is 25.3 Å². The molecule has 1 aromatic carbocycles. The summed E-state index contributed by atoms with van der Waals surface area (Å²) in [5, 5.41) is 8.80. The van der Waals surface area contributed by atoms with Crippen molar-refractivity contribution in [2.24, 2.45) is 5.73 Å². The van der Waals surface area contributed by atoms with Crippen molar-refractivity contribution in [1.82, 2.24) is 4.90 Å². The maximum Gasteiger partial charge on any atom is 0.234 e. The van der Waals surface area contributed by atoms with E-state index in [1.807, 2.05) is 6.07 Å². The van der Waals surface area contributed by atoms with Gasteiger partial charge in [0.25, 0.3) is 0 Å². The first kappa shape index (κ1) is 14.4. The minimum atomic E-state index is -0.231. The second kappa shape index (κ2) is 6.92. The van der Waals surface area contributed by atoms with E-state index in [9.17, 15) is 4.79 Å². The van der Waals surface area contributed by atoms with Gasteiger partial charge in [0.05, 0.1) is 24.3 Å². The van der Waals surface area contributed by atoms with Gasteiger partial charge in [-0.2, -0.15) is 5.26 Å². The van der Waals surface area contributed by atoms with Gasteiger partial charge in [-0.05, 0) is 44.0 Å². The number of carbonyl (C=O) groups is 1. The first-order valence-corrected chi connectivity index (χ1v) is 6.87. The SMILES string of the molecule is N#Cc1cccc(OCCCN2CCCC2C(N)=O)c1. The van der Waals surface area contributed by atoms with E-state index in [4.69, 9.17) is 15.7 Å². The molecule has 0 saturated carbocycles. The van der Waals surface area contributed by atoms with Crippen LogP contribution in [0.2, 0.25) is 0 Å². The number of nitriles is 1. The zero-order chi connectivity index (χ0) is 14.4. The first-order valence-electron chi connectivity index (χ1n) is 6.87. The zero-order valence-corrected chi connectivity index (χ0v) is 11.4. The third-order valence-corrected chi connectivity index (χ3v) is 3.51. The predicted molar refractivity (Wildman–Crippen MR) is 75.1 cm³/mol. The van der Waals surface area contributed by atoms with Crippen LogP contribution >= 0.6 is 0 Å². The Hall–Kier alpha value is -2.06. The molecule has 1 atom stereocenters. The highest BCUT2D eigenvalue weighted by Gasteiger charge is 2.28. The van der Waals surface area contributed by atoms with Crippen LogP contribution in [0.4, 0.5) is 0 Å². The fourth-order valence-corrected chi connectivity index (χ4v) is 2.53. The summed E-state index contributed by atoms with van der Waals surface area (Å²) in [6.45, 7) is 2.31. The lowest BCUT2D eigenvalue weighted by atomic mass is 10.2. The highest BCUT2D eigenvalue weighted by Crippen LogP contribution is 2.17. The van der Waals surface area contributed by atoms with E-state index >= 15 is 0 Å². The van der Waals surface area contributed by atoms with Gasteiger partial charge < -0.3 is 10.5 Å². The number of likely N-dealkylation sites (tertiary alicyclic amines) is 1. The van der Waals surface area contributed by atoms with Crippen LogP contribution in [0, 0.1) is 11.3 Å². The number of rotatable bonds is 6. The fourth-order valence-electron chi connectivity index (χ4n) is 2.53. The van der Waals surface area contributed by atoms with E-state index in [-0.39, 0.29) is 11.9 Å². The van der Waals surface area contributed by atoms with Gasteiger partial charge in [-0.3, -0.25) is 9.69 Å². The van der Waals surface area contributed by atoms with Crippen LogP contribution in [0.25, 0.3) is 0 Å². The molecule has 2 N–H and O–H groups in total. The molecular formula is C15H19N3O2. The van der Waals surface area contributed by atoms with Crippen molar-refractivity contribution in [3.63, 3.8) is 0 Å². The van der Waals surface area contributed by atoms with Crippen molar-refractivity contribution < 1.29 is 9.53 Å². The van der Waals surface area contributed by atoms with Gasteiger partial charge in [0.2, 0.25) is 5.91 Å². The standard InChI is InChI=1S/C15H19N3O2/c16-11-12-4-1-5-13(10-12)20-9-3-8-18-7-2-6-14(18)15(17)19/h1,4-5,10,14H,2-3,6-9H2,(H2,17,19). The fraction of sp³-hybridized carbons (Fsp3) is 0.467. The summed E-state index contributed by atoms with van der Waals surface area (Å²) >= 11 is 0. The normalized spacial score (nSPS) is 18.6. The summed E-state index contributed by atoms with van der Waals surface area (Å²) in [5.74, 6) is 0.474. The molecule has 0 aromatic heterocycles. The number of nitrogens with two attached hydrogens (primary N) is 1. The molecule has 5 heteroatoms. The molecule has 2 rings (SSSR count). The summed E-state index contributed by atoms with van der Waals surface area (Å²) in [6.07, 6.45) is 2.72. The van der Waals surface area contributed by atoms with E-state index < -0.39 is 0 Å². The highest BCUT2D eigenvalue weighted by molar-refractivity contribution is 5.80. The molecule has 1 fully saturated rings. The van der Waals surface area contributed by atoms with Crippen LogP contribution in [-0.2, 0) is 4.79 Å². The molecule has 20 heavy (non-hydrogen) atoms. The largest absolute Gasteiger partial charge is 0.494 e. The smallest absolute Gasteiger partial charge is 0.234 e. The second-order valence-corrected chi connectivity index (χ2v) is 4.94. The third kappa shape index (κ3) is 3.72. The molecule has 1 aliphatic heterocycles. The van der Waals surface area contributed by atoms with Gasteiger partial charge in [-0.1, -0.05) is 6.07 Å². The third-order valence-electron chi connectivity index (χ3n) is 3.51. The Morgan fingerprint density at radius 3 is 3.15 bits per heavy atom. The van der Waals surface area contributed by atoms with E-state index in [0.29, 0.717) is 17.9 Å². The molecule has 0 aliphatic carbocycles. The quantitative estimate of drug-likeness (QED) is 0.792. The van der Waals surface area contributed by atoms with Crippen molar-refractivity contribution in [3.8, 4) is 11.8 Å². The van der Waals surface area contributed by atoms with Crippen LogP contribution in [-0.4, -0.2) is 36.5 Å². The lowest BCUT2D eigenvalue weighted by Gasteiger charge is -2.21. The Labute approximate surface area is 118 Å². The number of nitrogens with zero attached hydrogens (tertiary/aromatic N) is 2. The molecule has 1 aromatic rings. The Morgan fingerprint density at radius 1 is 1.55 bits per heavy atom. The van der Waals surface area contributed by atoms with Gasteiger partial charge in [0.1, 0.15) is 5.75 Å². The van der Waals surface area contributed by atoms with Crippen LogP contribution in [0.5, 0.6) is 5.75 Å². The van der Waals surface area contributed by atoms with Crippen molar-refractivity contribution in [3.05, 3.63) is 29.8 Å². The lowest BCUT2D eigenvalue weighted by molar-refractivity contribution is -0.122. The monoisotopic (exact) mass is 273 g/mol. The molecule has 1 amide bonds. The number of primary amides is 1. The van der Waals surface area contributed by atoms with Gasteiger partial charge in [-0.25, -0.2) is 0 Å². The number of carbonyl (C=O) groups excluding carboxylic acids is 1. The van der Waals surface area contributed by atoms with Crippen LogP contribution in [0.3, 0.4) is 0 Å². The van der Waals surface area contributed by atoms with Crippen molar-refractivity contribution in [2.75, 3.05) is 19.7 Å². The average molecular weight is 273 g/mol. The van der Waals surface area contributed by atoms with Crippen LogP contribution in [0.1, 0.15) is 24.8 Å². The molecule has 1 saturated heterocycles. The first-order chi connectivity index (χ1) is 9.70. The average Bonchev–Trinajstić information content (AvgIpc) is 2.92. The maximum absolute atomic E-state index is 11.3. The molecule has 0 radical (unpaired) electrons. The van der Waals surface area contributed by atoms with Crippen molar-refractivity contribution >= 4 is 5.91 Å². The molecule has 1 aliphatic rings. The van der Waals surface area contributed by atoms with E-state index in [1.54, 1.807) is 18.2 Å². The summed E-state index contributed by atoms with van der Waals surface area (Å²) in [6, 6.07) is 9.08. The molecule has 0 spiro atoms. The number of hydrogen-bond acceptors (Lipinski definition) is 4. The molecule has 1 heterocycles. The minimum Gasteiger partial charge on any atom is -0.494 e.